The number of nitrogens with one attached hydrogen (secondary N) is 1. The molecular weight excluding hydrogens is 446 g/mol. The molecule has 4 atom stereocenters. The first-order valence-electron chi connectivity index (χ1n) is 11.5. The van der Waals surface area contributed by atoms with Gasteiger partial charge in [0.25, 0.3) is 5.91 Å². The van der Waals surface area contributed by atoms with Crippen molar-refractivity contribution in [2.24, 2.45) is 0 Å². The summed E-state index contributed by atoms with van der Waals surface area (Å²) < 4.78 is 5.78. The molecule has 7 heteroatoms. The molecule has 0 aliphatic carbocycles. The Hall–Kier alpha value is -3.07. The highest BCUT2D eigenvalue weighted by molar-refractivity contribution is 5.95. The van der Waals surface area contributed by atoms with Gasteiger partial charge >= 0.3 is 0 Å². The second kappa shape index (κ2) is 12.1. The fourth-order valence-corrected chi connectivity index (χ4v) is 4.35. The molecule has 1 fully saturated rings. The number of aliphatic hydroxyl groups is 4. The highest BCUT2D eigenvalue weighted by Gasteiger charge is 2.37. The molecule has 0 aromatic heterocycles. The number of hydrogen-bond acceptors (Lipinski definition) is 6. The van der Waals surface area contributed by atoms with E-state index >= 15 is 0 Å². The molecule has 186 valence electrons. The van der Waals surface area contributed by atoms with E-state index in [-0.39, 0.29) is 18.9 Å². The molecule has 3 aromatic carbocycles. The predicted octanol–water partition coefficient (Wildman–Crippen LogP) is 2.84. The van der Waals surface area contributed by atoms with E-state index in [9.17, 15) is 20.1 Å². The standard InChI is InChI=1S/C27H29NO5.CH4O/c1-16-12-20(19-4-3-5-21(13-19)27(32)28-2)10-11-23(16)17-6-8-18(9-7-17)26-25(31)24(30)14-22(15-29)33-26;1-2/h3-13,22,24-26,29-31H,14-15H2,1-2H3,(H,28,32);2H,1H3/t22?,24?,25?,26-;/m1./s1. The third-order valence-corrected chi connectivity index (χ3v) is 6.21. The maximum absolute atomic E-state index is 12.0. The van der Waals surface area contributed by atoms with E-state index in [2.05, 4.69) is 17.4 Å². The molecule has 35 heavy (non-hydrogen) atoms. The summed E-state index contributed by atoms with van der Waals surface area (Å²) in [6.07, 6.45) is -2.94. The molecule has 1 amide bonds. The smallest absolute Gasteiger partial charge is 0.251 e. The summed E-state index contributed by atoms with van der Waals surface area (Å²) in [6, 6.07) is 21.4. The zero-order chi connectivity index (χ0) is 25.5. The number of rotatable bonds is 5. The zero-order valence-corrected chi connectivity index (χ0v) is 20.2. The van der Waals surface area contributed by atoms with Crippen molar-refractivity contribution >= 4 is 5.91 Å². The molecule has 5 N–H and O–H groups in total. The molecule has 0 spiro atoms. The molecule has 0 bridgehead atoms. The van der Waals surface area contributed by atoms with Crippen LogP contribution in [0.5, 0.6) is 0 Å². The second-order valence-electron chi connectivity index (χ2n) is 8.47. The van der Waals surface area contributed by atoms with Gasteiger partial charge in [0.05, 0.1) is 18.8 Å². The molecule has 7 nitrogen and oxygen atoms in total. The summed E-state index contributed by atoms with van der Waals surface area (Å²) in [4.78, 5) is 12.0. The minimum absolute atomic E-state index is 0.116. The Morgan fingerprint density at radius 2 is 1.63 bits per heavy atom. The van der Waals surface area contributed by atoms with Crippen LogP contribution in [-0.4, -0.2) is 65.4 Å². The number of hydrogen-bond donors (Lipinski definition) is 5. The topological polar surface area (TPSA) is 119 Å². The lowest BCUT2D eigenvalue weighted by molar-refractivity contribution is -0.179. The van der Waals surface area contributed by atoms with Gasteiger partial charge in [0.2, 0.25) is 0 Å². The van der Waals surface area contributed by atoms with Crippen molar-refractivity contribution in [1.82, 2.24) is 5.32 Å². The van der Waals surface area contributed by atoms with Crippen LogP contribution >= 0.6 is 0 Å². The molecular formula is C28H33NO6. The number of amides is 1. The van der Waals surface area contributed by atoms with Crippen LogP contribution in [0.25, 0.3) is 22.3 Å². The molecule has 1 saturated heterocycles. The van der Waals surface area contributed by atoms with E-state index in [0.29, 0.717) is 5.56 Å². The third-order valence-electron chi connectivity index (χ3n) is 6.21. The minimum Gasteiger partial charge on any atom is -0.400 e. The SMILES string of the molecule is CNC(=O)c1cccc(-c2ccc(-c3ccc([C@H]4OC(CO)CC(O)C4O)cc3)c(C)c2)c1.CO. The number of ether oxygens (including phenoxy) is 1. The Morgan fingerprint density at radius 3 is 2.26 bits per heavy atom. The number of aryl methyl sites for hydroxylation is 1. The zero-order valence-electron chi connectivity index (χ0n) is 20.2. The highest BCUT2D eigenvalue weighted by atomic mass is 16.5. The van der Waals surface area contributed by atoms with Crippen LogP contribution in [0.15, 0.2) is 66.7 Å². The van der Waals surface area contributed by atoms with Gasteiger partial charge in [-0.15, -0.1) is 0 Å². The first kappa shape index (κ1) is 26.5. The third kappa shape index (κ3) is 5.96. The van der Waals surface area contributed by atoms with Gasteiger partial charge in [-0.05, 0) is 52.4 Å². The minimum atomic E-state index is -1.04. The molecule has 3 aromatic rings. The summed E-state index contributed by atoms with van der Waals surface area (Å²) in [5.74, 6) is -0.116. The van der Waals surface area contributed by atoms with E-state index in [0.717, 1.165) is 40.5 Å². The number of benzene rings is 3. The van der Waals surface area contributed by atoms with Crippen LogP contribution < -0.4 is 5.32 Å². The normalized spacial score (nSPS) is 21.6. The largest absolute Gasteiger partial charge is 0.400 e. The molecule has 1 aliphatic heterocycles. The molecule has 1 heterocycles. The van der Waals surface area contributed by atoms with E-state index in [1.165, 1.54) is 0 Å². The van der Waals surface area contributed by atoms with Crippen molar-refractivity contribution in [3.63, 3.8) is 0 Å². The van der Waals surface area contributed by atoms with Gasteiger partial charge in [-0.2, -0.15) is 0 Å². The van der Waals surface area contributed by atoms with Crippen LogP contribution in [0.4, 0.5) is 0 Å². The van der Waals surface area contributed by atoms with Crippen molar-refractivity contribution in [2.45, 2.75) is 37.8 Å². The van der Waals surface area contributed by atoms with E-state index in [4.69, 9.17) is 9.84 Å². The Bertz CT molecular complexity index is 1130. The van der Waals surface area contributed by atoms with Gasteiger partial charge in [-0.25, -0.2) is 0 Å². The van der Waals surface area contributed by atoms with Crippen LogP contribution in [0.2, 0.25) is 0 Å². The predicted molar refractivity (Wildman–Crippen MR) is 135 cm³/mol. The average molecular weight is 480 g/mol. The molecule has 4 rings (SSSR count). The number of carbonyl (C=O) groups excluding carboxylic acids is 1. The van der Waals surface area contributed by atoms with Crippen LogP contribution in [-0.2, 0) is 4.74 Å². The fourth-order valence-electron chi connectivity index (χ4n) is 4.35. The van der Waals surface area contributed by atoms with Gasteiger partial charge in [-0.1, -0.05) is 54.6 Å². The first-order chi connectivity index (χ1) is 16.9. The second-order valence-corrected chi connectivity index (χ2v) is 8.47. The molecule has 3 unspecified atom stereocenters. The first-order valence-corrected chi connectivity index (χ1v) is 11.5. The monoisotopic (exact) mass is 479 g/mol. The van der Waals surface area contributed by atoms with Gasteiger partial charge in [0.1, 0.15) is 12.2 Å². The van der Waals surface area contributed by atoms with Gasteiger partial charge in [0.15, 0.2) is 0 Å². The Morgan fingerprint density at radius 1 is 0.971 bits per heavy atom. The van der Waals surface area contributed by atoms with Crippen molar-refractivity contribution < 1.29 is 30.0 Å². The molecule has 1 aliphatic rings. The van der Waals surface area contributed by atoms with Gasteiger partial charge in [-0.3, -0.25) is 4.79 Å². The number of aliphatic hydroxyl groups excluding tert-OH is 4. The van der Waals surface area contributed by atoms with Crippen LogP contribution in [0.1, 0.15) is 34.0 Å². The van der Waals surface area contributed by atoms with E-state index in [1.54, 1.807) is 13.1 Å². The molecule has 0 saturated carbocycles. The quantitative estimate of drug-likeness (QED) is 0.384. The van der Waals surface area contributed by atoms with Gasteiger partial charge < -0.3 is 30.5 Å². The molecule has 0 radical (unpaired) electrons. The average Bonchev–Trinajstić information content (AvgIpc) is 2.91. The van der Waals surface area contributed by atoms with Crippen molar-refractivity contribution in [1.29, 1.82) is 0 Å². The Labute approximate surface area is 205 Å². The van der Waals surface area contributed by atoms with Crippen molar-refractivity contribution in [3.05, 3.63) is 83.4 Å². The van der Waals surface area contributed by atoms with Gasteiger partial charge in [0, 0.05) is 26.1 Å². The van der Waals surface area contributed by atoms with Crippen molar-refractivity contribution in [2.75, 3.05) is 20.8 Å². The highest BCUT2D eigenvalue weighted by Crippen LogP contribution is 2.34. The lowest BCUT2D eigenvalue weighted by Crippen LogP contribution is -2.44. The lowest BCUT2D eigenvalue weighted by Gasteiger charge is -2.36. The Balaban J connectivity index is 0.00000167. The lowest BCUT2D eigenvalue weighted by atomic mass is 9.91. The maximum atomic E-state index is 12.0. The summed E-state index contributed by atoms with van der Waals surface area (Å²) in [7, 11) is 2.62. The van der Waals surface area contributed by atoms with E-state index < -0.39 is 24.4 Å². The van der Waals surface area contributed by atoms with Crippen LogP contribution in [0, 0.1) is 6.92 Å². The summed E-state index contributed by atoms with van der Waals surface area (Å²) >= 11 is 0. The fraction of sp³-hybridized carbons (Fsp3) is 0.321. The van der Waals surface area contributed by atoms with E-state index in [1.807, 2.05) is 55.5 Å². The van der Waals surface area contributed by atoms with Crippen LogP contribution in [0.3, 0.4) is 0 Å². The Kier molecular flexibility index (Phi) is 9.14. The summed E-state index contributed by atoms with van der Waals surface area (Å²) in [5.41, 5.74) is 6.56. The summed E-state index contributed by atoms with van der Waals surface area (Å²) in [6.45, 7) is 1.85. The summed E-state index contributed by atoms with van der Waals surface area (Å²) in [5, 5.41) is 39.5. The van der Waals surface area contributed by atoms with Crippen molar-refractivity contribution in [3.8, 4) is 22.3 Å². The maximum Gasteiger partial charge on any atom is 0.251 e. The number of carbonyl (C=O) groups is 1.